The van der Waals surface area contributed by atoms with Gasteiger partial charge in [-0.05, 0) is 144 Å². The number of nitrogens with one attached hydrogen (secondary N) is 1. The van der Waals surface area contributed by atoms with Crippen molar-refractivity contribution in [2.24, 2.45) is 5.92 Å². The van der Waals surface area contributed by atoms with Gasteiger partial charge in [0.2, 0.25) is 43.3 Å². The Morgan fingerprint density at radius 3 is 1.27 bits per heavy atom. The van der Waals surface area contributed by atoms with Crippen LogP contribution >= 0.6 is 0 Å². The van der Waals surface area contributed by atoms with Gasteiger partial charge in [0.1, 0.15) is 42.2 Å². The van der Waals surface area contributed by atoms with E-state index in [0.717, 1.165) is 137 Å². The van der Waals surface area contributed by atoms with Gasteiger partial charge in [0.05, 0.1) is 43.3 Å². The van der Waals surface area contributed by atoms with E-state index >= 15 is 0 Å². The molecule has 3 aromatic heterocycles. The van der Waals surface area contributed by atoms with Gasteiger partial charge in [-0.3, -0.25) is 19.3 Å². The zero-order valence-corrected chi connectivity index (χ0v) is 71.8. The Morgan fingerprint density at radius 2 is 0.855 bits per heavy atom. The van der Waals surface area contributed by atoms with E-state index in [9.17, 15) is 14.4 Å². The van der Waals surface area contributed by atoms with Crippen LogP contribution in [0.4, 0.5) is 40.5 Å². The highest BCUT2D eigenvalue weighted by atomic mass is 16.5. The third-order valence-electron chi connectivity index (χ3n) is 26.2. The van der Waals surface area contributed by atoms with Crippen LogP contribution in [0.15, 0.2) is 165 Å². The molecule has 0 unspecified atom stereocenters. The Kier molecular flexibility index (Phi) is 27.3. The Bertz CT molecular complexity index is 5490. The number of carbonyl (C=O) groups is 3. The maximum atomic E-state index is 12.5. The fourth-order valence-electron chi connectivity index (χ4n) is 19.6. The van der Waals surface area contributed by atoms with E-state index in [4.69, 9.17) is 59.1 Å². The van der Waals surface area contributed by atoms with Crippen molar-refractivity contribution in [2.45, 2.75) is 102 Å². The van der Waals surface area contributed by atoms with Crippen LogP contribution in [0.25, 0.3) is 46.9 Å². The van der Waals surface area contributed by atoms with E-state index in [2.05, 4.69) is 225 Å². The van der Waals surface area contributed by atoms with Crippen molar-refractivity contribution in [1.82, 2.24) is 59.3 Å². The zero-order valence-electron chi connectivity index (χ0n) is 71.8. The number of rotatable bonds is 22. The van der Waals surface area contributed by atoms with Crippen molar-refractivity contribution >= 4 is 90.5 Å². The van der Waals surface area contributed by atoms with E-state index in [0.29, 0.717) is 122 Å². The molecule has 6 saturated heterocycles. The Hall–Kier alpha value is -12.5. The molecule has 12 heterocycles. The SMILES string of the molecule is [C-]#[N+]C[C@H]1CN(c2nc(NC[C@@H]3CCCN3C)nc3c2CCN(c2cccc4ccccc24)C3)CCN1C(=O)C=C.[C-]#[N+]C[C@H]1CN(c2nc(OCCN3CCCCC3)nc3c2CCN(c2cccc4ccccc24)C3)CCN1C(=O)C=C.[C-]#[N+]C[C@H]1CN(c2nc(OC[C@@H]3CCN(C)C3)nc3c2CCN(c2cccc4ccccc24)C3)CCN1C(=O)C=C. The second kappa shape index (κ2) is 39.8. The molecule has 124 heavy (non-hydrogen) atoms. The summed E-state index contributed by atoms with van der Waals surface area (Å²) in [5.41, 5.74) is 10.1. The van der Waals surface area contributed by atoms with Crippen LogP contribution in [0.1, 0.15) is 72.3 Å². The second-order valence-electron chi connectivity index (χ2n) is 34.0. The fourth-order valence-corrected chi connectivity index (χ4v) is 19.6. The number of hydrogen-bond donors (Lipinski definition) is 1. The van der Waals surface area contributed by atoms with Crippen LogP contribution in [0.2, 0.25) is 0 Å². The molecule has 3 amide bonds. The molecule has 27 nitrogen and oxygen atoms in total. The van der Waals surface area contributed by atoms with Crippen molar-refractivity contribution in [3.63, 3.8) is 0 Å². The summed E-state index contributed by atoms with van der Waals surface area (Å²) in [6.07, 6.45) is 13.8. The van der Waals surface area contributed by atoms with E-state index in [1.807, 2.05) is 0 Å². The molecule has 6 fully saturated rings. The van der Waals surface area contributed by atoms with Crippen molar-refractivity contribution in [3.05, 3.63) is 233 Å². The predicted octanol–water partition coefficient (Wildman–Crippen LogP) is 11.6. The molecule has 9 aromatic rings. The predicted molar refractivity (Wildman–Crippen MR) is 491 cm³/mol. The van der Waals surface area contributed by atoms with Gasteiger partial charge in [-0.1, -0.05) is 135 Å². The number of likely N-dealkylation sites (tertiary alicyclic amines) is 3. The first-order chi connectivity index (χ1) is 60.7. The normalized spacial score (nSPS) is 20.4. The molecule has 0 bridgehead atoms. The van der Waals surface area contributed by atoms with Gasteiger partial charge in [0, 0.05) is 160 Å². The van der Waals surface area contributed by atoms with E-state index in [1.54, 1.807) is 14.7 Å². The third kappa shape index (κ3) is 19.3. The van der Waals surface area contributed by atoms with E-state index in [-0.39, 0.29) is 55.5 Å². The summed E-state index contributed by atoms with van der Waals surface area (Å²) < 4.78 is 12.5. The lowest BCUT2D eigenvalue weighted by Crippen LogP contribution is -2.56. The van der Waals surface area contributed by atoms with Gasteiger partial charge in [-0.15, -0.1) is 0 Å². The molecule has 9 aliphatic heterocycles. The van der Waals surface area contributed by atoms with Crippen LogP contribution in [0.3, 0.4) is 0 Å². The first kappa shape index (κ1) is 85.1. The summed E-state index contributed by atoms with van der Waals surface area (Å²) in [5, 5.41) is 11.0. The molecule has 0 radical (unpaired) electrons. The summed E-state index contributed by atoms with van der Waals surface area (Å²) in [6.45, 7) is 52.3. The van der Waals surface area contributed by atoms with Crippen LogP contribution in [-0.2, 0) is 53.3 Å². The summed E-state index contributed by atoms with van der Waals surface area (Å²) in [6, 6.07) is 45.6. The number of carbonyl (C=O) groups excluding carboxylic acids is 3. The number of ether oxygens (including phenoxy) is 2. The largest absolute Gasteiger partial charge is 0.463 e. The summed E-state index contributed by atoms with van der Waals surface area (Å²) >= 11 is 0. The quantitative estimate of drug-likeness (QED) is 0.0494. The lowest BCUT2D eigenvalue weighted by Gasteiger charge is -2.41. The average molecular weight is 1670 g/mol. The molecular formula is C97H114N22O5. The number of piperazine rings is 3. The minimum atomic E-state index is -0.216. The first-order valence-electron chi connectivity index (χ1n) is 44.3. The van der Waals surface area contributed by atoms with E-state index in [1.165, 1.54) is 105 Å². The number of anilines is 7. The smallest absolute Gasteiger partial charge is 0.318 e. The molecule has 0 aliphatic carbocycles. The molecule has 5 atom stereocenters. The summed E-state index contributed by atoms with van der Waals surface area (Å²) in [4.78, 5) is 105. The molecule has 6 aromatic carbocycles. The van der Waals surface area contributed by atoms with Gasteiger partial charge < -0.3 is 83.2 Å². The van der Waals surface area contributed by atoms with E-state index < -0.39 is 0 Å². The van der Waals surface area contributed by atoms with Gasteiger partial charge in [-0.25, -0.2) is 24.7 Å². The van der Waals surface area contributed by atoms with Gasteiger partial charge in [0.15, 0.2) is 0 Å². The van der Waals surface area contributed by atoms with Gasteiger partial charge in [0.25, 0.3) is 0 Å². The minimum Gasteiger partial charge on any atom is -0.463 e. The fraction of sp³-hybridized carbons (Fsp3) is 0.443. The highest BCUT2D eigenvalue weighted by Gasteiger charge is 2.40. The molecule has 642 valence electrons. The molecule has 9 aliphatic rings. The monoisotopic (exact) mass is 1670 g/mol. The molecule has 0 spiro atoms. The van der Waals surface area contributed by atoms with Crippen molar-refractivity contribution in [2.75, 3.05) is 206 Å². The van der Waals surface area contributed by atoms with Crippen molar-refractivity contribution in [3.8, 4) is 12.0 Å². The molecule has 0 saturated carbocycles. The number of amides is 3. The molecule has 18 rings (SSSR count). The highest BCUT2D eigenvalue weighted by Crippen LogP contribution is 2.40. The summed E-state index contributed by atoms with van der Waals surface area (Å²) in [5.74, 6) is 3.46. The lowest BCUT2D eigenvalue weighted by atomic mass is 10.0. The van der Waals surface area contributed by atoms with Gasteiger partial charge >= 0.3 is 12.0 Å². The van der Waals surface area contributed by atoms with Crippen molar-refractivity contribution in [1.29, 1.82) is 0 Å². The number of likely N-dealkylation sites (N-methyl/N-ethyl adjacent to an activating group) is 1. The molecule has 27 heteroatoms. The third-order valence-corrected chi connectivity index (χ3v) is 26.2. The minimum absolute atomic E-state index is 0.114. The maximum absolute atomic E-state index is 12.5. The standard InChI is InChI=1S/C33H39N7O2.C32H38N8O.C32H37N7O2/c1-3-31(41)40-19-18-39(23-26(40)22-34-2)32-28-14-17-38(30-13-9-11-25-10-5-6-12-27(25)30)24-29(28)35-33(36-32)42-21-20-37-15-7-4-8-16-37;1-4-30(41)40-18-17-39(21-25(40)19-33-2)31-27-14-16-38(29-13-7-10-23-9-5-6-12-26(23)29)22-28(27)35-32(36-31)34-20-24-11-8-15-37(24)3;1-4-30(40)39-17-16-38(20-25(39)18-33-2)31-27-13-15-37(29-11-7-9-24-8-5-6-10-26(24)29)21-28(27)34-32(35-31)41-22-23-12-14-36(3)19-23/h3,5-6,9-13,26H,1,4,7-8,14-24H2;4-7,9-10,12-13,24-25H,1,8,11,14-22H2,3H3,(H,34,35,36);4-11,23,25H,1,12-22H2,3H3/t26-;24-,25-;23-,25+/m001/s1. The lowest BCUT2D eigenvalue weighted by molar-refractivity contribution is -0.129. The molecular weight excluding hydrogens is 1550 g/mol. The number of hydrogen-bond acceptors (Lipinski definition) is 21. The number of piperidine rings is 1. The Balaban J connectivity index is 0.000000137. The number of nitrogens with zero attached hydrogens (tertiary/aromatic N) is 21. The number of benzene rings is 6. The first-order valence-corrected chi connectivity index (χ1v) is 44.3. The van der Waals surface area contributed by atoms with Gasteiger partial charge in [-0.2, -0.15) is 24.9 Å². The average Bonchev–Trinajstić information content (AvgIpc) is 0.809. The zero-order chi connectivity index (χ0) is 85.6. The number of aromatic nitrogens is 6. The molecule has 1 N–H and O–H groups in total. The maximum Gasteiger partial charge on any atom is 0.318 e. The van der Waals surface area contributed by atoms with Crippen LogP contribution in [0.5, 0.6) is 12.0 Å². The Labute approximate surface area is 728 Å². The topological polar surface area (TPSA) is 211 Å². The van der Waals surface area contributed by atoms with Crippen LogP contribution < -0.4 is 44.2 Å². The Morgan fingerprint density at radius 1 is 0.435 bits per heavy atom. The number of fused-ring (bicyclic) bond motifs is 6. The highest BCUT2D eigenvalue weighted by molar-refractivity contribution is 5.97. The summed E-state index contributed by atoms with van der Waals surface area (Å²) in [7, 11) is 4.33. The van der Waals surface area contributed by atoms with Crippen LogP contribution in [-0.4, -0.2) is 272 Å². The second-order valence-corrected chi connectivity index (χ2v) is 34.0. The van der Waals surface area contributed by atoms with Crippen molar-refractivity contribution < 1.29 is 23.9 Å². The van der Waals surface area contributed by atoms with Crippen LogP contribution in [0, 0.1) is 25.6 Å².